The molecule has 1 saturated heterocycles. The van der Waals surface area contributed by atoms with Crippen molar-refractivity contribution in [3.8, 4) is 11.5 Å². The number of hydrogen-bond acceptors (Lipinski definition) is 3. The van der Waals surface area contributed by atoms with Crippen LogP contribution in [-0.2, 0) is 4.79 Å². The van der Waals surface area contributed by atoms with Crippen molar-refractivity contribution in [1.29, 1.82) is 0 Å². The largest absolute Gasteiger partial charge is 0.497 e. The molecular weight excluding hydrogens is 364 g/mol. The van der Waals surface area contributed by atoms with E-state index >= 15 is 0 Å². The van der Waals surface area contributed by atoms with Crippen LogP contribution in [0.3, 0.4) is 0 Å². The summed E-state index contributed by atoms with van der Waals surface area (Å²) in [6, 6.07) is 6.31. The van der Waals surface area contributed by atoms with Crippen LogP contribution < -0.4 is 19.7 Å². The van der Waals surface area contributed by atoms with Crippen molar-refractivity contribution in [3.63, 3.8) is 0 Å². The molecule has 158 valence electrons. The maximum absolute atomic E-state index is 13.2. The molecule has 5 heteroatoms. The number of ether oxygens (including phenoxy) is 2. The number of nitrogens with one attached hydrogen (secondary N) is 2. The summed E-state index contributed by atoms with van der Waals surface area (Å²) in [6.07, 6.45) is 10.1. The second-order valence-corrected chi connectivity index (χ2v) is 10.1. The van der Waals surface area contributed by atoms with Gasteiger partial charge in [-0.3, -0.25) is 4.79 Å². The Bertz CT molecular complexity index is 742. The second kappa shape index (κ2) is 7.50. The molecule has 5 aliphatic rings. The Kier molecular flexibility index (Phi) is 4.97. The Morgan fingerprint density at radius 1 is 1.10 bits per heavy atom. The quantitative estimate of drug-likeness (QED) is 0.773. The summed E-state index contributed by atoms with van der Waals surface area (Å²) in [4.78, 5) is 14.5. The Morgan fingerprint density at radius 2 is 1.79 bits per heavy atom. The van der Waals surface area contributed by atoms with Gasteiger partial charge in [0.1, 0.15) is 17.5 Å². The summed E-state index contributed by atoms with van der Waals surface area (Å²) >= 11 is 0. The number of methoxy groups -OCH3 is 2. The second-order valence-electron chi connectivity index (χ2n) is 10.1. The maximum atomic E-state index is 13.2. The van der Waals surface area contributed by atoms with Gasteiger partial charge in [-0.1, -0.05) is 0 Å². The molecule has 1 aromatic rings. The number of carbonyl (C=O) groups excluding carboxylic acids is 1. The lowest BCUT2D eigenvalue weighted by Gasteiger charge is -2.56. The molecule has 4 saturated carbocycles. The smallest absolute Gasteiger partial charge is 0.275 e. The van der Waals surface area contributed by atoms with Crippen LogP contribution in [0.4, 0.5) is 0 Å². The van der Waals surface area contributed by atoms with Crippen LogP contribution in [-0.4, -0.2) is 38.8 Å². The molecule has 6 rings (SSSR count). The minimum atomic E-state index is 0.105. The molecule has 1 aromatic carbocycles. The van der Waals surface area contributed by atoms with Gasteiger partial charge in [-0.05, 0) is 74.5 Å². The summed E-state index contributed by atoms with van der Waals surface area (Å²) in [5, 5.41) is 3.56. The van der Waals surface area contributed by atoms with E-state index in [0.717, 1.165) is 48.6 Å². The average molecular weight is 400 g/mol. The zero-order valence-corrected chi connectivity index (χ0v) is 17.8. The summed E-state index contributed by atoms with van der Waals surface area (Å²) < 4.78 is 11.1. The van der Waals surface area contributed by atoms with Crippen molar-refractivity contribution in [3.05, 3.63) is 23.8 Å². The highest BCUT2D eigenvalue weighted by Crippen LogP contribution is 2.55. The van der Waals surface area contributed by atoms with E-state index in [1.807, 2.05) is 12.1 Å². The van der Waals surface area contributed by atoms with E-state index in [9.17, 15) is 4.79 Å². The van der Waals surface area contributed by atoms with E-state index in [0.29, 0.717) is 12.6 Å². The predicted molar refractivity (Wildman–Crippen MR) is 111 cm³/mol. The molecule has 2 atom stereocenters. The lowest BCUT2D eigenvalue weighted by Crippen LogP contribution is -3.11. The Labute approximate surface area is 174 Å². The van der Waals surface area contributed by atoms with E-state index in [2.05, 4.69) is 11.4 Å². The maximum Gasteiger partial charge on any atom is 0.275 e. The van der Waals surface area contributed by atoms with Gasteiger partial charge < -0.3 is 19.7 Å². The monoisotopic (exact) mass is 399 g/mol. The molecule has 1 amide bonds. The third-order valence-electron chi connectivity index (χ3n) is 8.13. The molecule has 5 nitrogen and oxygen atoms in total. The van der Waals surface area contributed by atoms with Gasteiger partial charge in [-0.15, -0.1) is 0 Å². The lowest BCUT2D eigenvalue weighted by atomic mass is 9.53. The standard InChI is InChI=1S/C24H34N2O3/c1-28-19-5-6-22(29-2)20(11-19)21-4-3-7-26(21)15-23(27)25-24-12-16-8-17(13-24)10-18(9-16)14-24/h5-6,11,16-18,21H,3-4,7-10,12-15H2,1-2H3,(H,25,27)/p+1/t16?,17?,18?,21-,24?/m1/s1. The van der Waals surface area contributed by atoms with Gasteiger partial charge in [0, 0.05) is 18.4 Å². The first-order chi connectivity index (χ1) is 14.1. The number of hydrogen-bond donors (Lipinski definition) is 2. The molecule has 1 aliphatic heterocycles. The summed E-state index contributed by atoms with van der Waals surface area (Å²) in [5.74, 6) is 4.57. The number of likely N-dealkylation sites (tertiary alicyclic amines) is 1. The Hall–Kier alpha value is -1.75. The number of benzene rings is 1. The zero-order valence-electron chi connectivity index (χ0n) is 17.8. The van der Waals surface area contributed by atoms with Crippen LogP contribution in [0.5, 0.6) is 11.5 Å². The molecule has 5 fully saturated rings. The van der Waals surface area contributed by atoms with Crippen LogP contribution in [0.15, 0.2) is 18.2 Å². The lowest BCUT2D eigenvalue weighted by molar-refractivity contribution is -0.910. The number of quaternary nitrogens is 1. The fraction of sp³-hybridized carbons (Fsp3) is 0.708. The molecular formula is C24H35N2O3+. The molecule has 4 aliphatic carbocycles. The van der Waals surface area contributed by atoms with E-state index in [1.165, 1.54) is 49.0 Å². The van der Waals surface area contributed by atoms with Crippen LogP contribution in [0.2, 0.25) is 0 Å². The summed E-state index contributed by atoms with van der Waals surface area (Å²) in [6.45, 7) is 1.60. The fourth-order valence-corrected chi connectivity index (χ4v) is 7.42. The first-order valence-electron chi connectivity index (χ1n) is 11.4. The van der Waals surface area contributed by atoms with Gasteiger partial charge >= 0.3 is 0 Å². The molecule has 1 heterocycles. The molecule has 4 bridgehead atoms. The molecule has 0 aromatic heterocycles. The van der Waals surface area contributed by atoms with E-state index in [4.69, 9.17) is 9.47 Å². The zero-order chi connectivity index (χ0) is 20.0. The molecule has 0 spiro atoms. The highest BCUT2D eigenvalue weighted by atomic mass is 16.5. The minimum Gasteiger partial charge on any atom is -0.497 e. The van der Waals surface area contributed by atoms with Crippen LogP contribution in [0.1, 0.15) is 63.0 Å². The van der Waals surface area contributed by atoms with Crippen LogP contribution in [0.25, 0.3) is 0 Å². The highest BCUT2D eigenvalue weighted by molar-refractivity contribution is 5.77. The number of rotatable bonds is 6. The van der Waals surface area contributed by atoms with Crippen molar-refractivity contribution in [2.45, 2.75) is 62.9 Å². The molecule has 2 N–H and O–H groups in total. The van der Waals surface area contributed by atoms with Crippen LogP contribution in [0, 0.1) is 17.8 Å². The van der Waals surface area contributed by atoms with Crippen molar-refractivity contribution in [2.75, 3.05) is 27.3 Å². The van der Waals surface area contributed by atoms with Crippen LogP contribution >= 0.6 is 0 Å². The number of amides is 1. The molecule has 0 radical (unpaired) electrons. The Balaban J connectivity index is 1.28. The van der Waals surface area contributed by atoms with Crippen molar-refractivity contribution < 1.29 is 19.2 Å². The van der Waals surface area contributed by atoms with Gasteiger partial charge in [0.2, 0.25) is 0 Å². The van der Waals surface area contributed by atoms with Gasteiger partial charge in [-0.2, -0.15) is 0 Å². The SMILES string of the molecule is COc1ccc(OC)c([C@H]2CCC[NH+]2CC(=O)NC23CC4CC(CC(C4)C2)C3)c1. The fourth-order valence-electron chi connectivity index (χ4n) is 7.42. The minimum absolute atomic E-state index is 0.105. The van der Waals surface area contributed by atoms with Crippen molar-refractivity contribution in [2.24, 2.45) is 17.8 Å². The van der Waals surface area contributed by atoms with E-state index in [1.54, 1.807) is 14.2 Å². The average Bonchev–Trinajstić information content (AvgIpc) is 3.13. The first kappa shape index (κ1) is 19.2. The predicted octanol–water partition coefficient (Wildman–Crippen LogP) is 2.51. The number of carbonyl (C=O) groups is 1. The first-order valence-corrected chi connectivity index (χ1v) is 11.4. The Morgan fingerprint density at radius 3 is 2.41 bits per heavy atom. The third kappa shape index (κ3) is 3.63. The van der Waals surface area contributed by atoms with E-state index < -0.39 is 0 Å². The van der Waals surface area contributed by atoms with Gasteiger partial charge in [0.05, 0.1) is 26.3 Å². The highest BCUT2D eigenvalue weighted by Gasteiger charge is 2.51. The van der Waals surface area contributed by atoms with Gasteiger partial charge in [0.15, 0.2) is 6.54 Å². The topological polar surface area (TPSA) is 52.0 Å². The van der Waals surface area contributed by atoms with Gasteiger partial charge in [-0.25, -0.2) is 0 Å². The van der Waals surface area contributed by atoms with E-state index in [-0.39, 0.29) is 11.4 Å². The third-order valence-corrected chi connectivity index (χ3v) is 8.13. The summed E-state index contributed by atoms with van der Waals surface area (Å²) in [5.41, 5.74) is 1.27. The normalized spacial score (nSPS) is 37.5. The molecule has 29 heavy (non-hydrogen) atoms. The molecule has 1 unspecified atom stereocenters. The van der Waals surface area contributed by atoms with Gasteiger partial charge in [0.25, 0.3) is 5.91 Å². The summed E-state index contributed by atoms with van der Waals surface area (Å²) in [7, 11) is 3.42. The van der Waals surface area contributed by atoms with Crippen molar-refractivity contribution >= 4 is 5.91 Å². The van der Waals surface area contributed by atoms with Crippen molar-refractivity contribution in [1.82, 2.24) is 5.32 Å².